The molecule has 1 aromatic carbocycles. The van der Waals surface area contributed by atoms with Crippen molar-refractivity contribution >= 4 is 35.0 Å². The van der Waals surface area contributed by atoms with E-state index in [2.05, 4.69) is 19.2 Å². The van der Waals surface area contributed by atoms with Crippen molar-refractivity contribution < 1.29 is 0 Å². The zero-order valence-corrected chi connectivity index (χ0v) is 13.3. The van der Waals surface area contributed by atoms with Crippen LogP contribution in [0, 0.1) is 5.92 Å². The fourth-order valence-corrected chi connectivity index (χ4v) is 2.78. The van der Waals surface area contributed by atoms with Crippen LogP contribution in [0.15, 0.2) is 23.1 Å². The molecule has 0 bridgehead atoms. The second-order valence-electron chi connectivity index (χ2n) is 4.71. The van der Waals surface area contributed by atoms with E-state index < -0.39 is 0 Å². The van der Waals surface area contributed by atoms with Gasteiger partial charge in [-0.3, -0.25) is 0 Å². The summed E-state index contributed by atoms with van der Waals surface area (Å²) in [5.74, 6) is 1.86. The Morgan fingerprint density at radius 1 is 1.17 bits per heavy atom. The number of hydrogen-bond donors (Lipinski definition) is 1. The van der Waals surface area contributed by atoms with Gasteiger partial charge in [0.1, 0.15) is 0 Å². The van der Waals surface area contributed by atoms with E-state index in [-0.39, 0.29) is 0 Å². The van der Waals surface area contributed by atoms with Crippen molar-refractivity contribution in [2.45, 2.75) is 31.6 Å². The smallest absolute Gasteiger partial charge is 0.0603 e. The minimum absolute atomic E-state index is 0.618. The van der Waals surface area contributed by atoms with Crippen molar-refractivity contribution in [1.29, 1.82) is 0 Å². The second kappa shape index (κ2) is 9.08. The van der Waals surface area contributed by atoms with Gasteiger partial charge in [-0.25, -0.2) is 0 Å². The minimum Gasteiger partial charge on any atom is -0.316 e. The fourth-order valence-electron chi connectivity index (χ4n) is 1.57. The molecular formula is C14H21Cl2NS. The molecule has 0 aliphatic rings. The average molecular weight is 306 g/mol. The summed E-state index contributed by atoms with van der Waals surface area (Å²) in [7, 11) is 0. The molecule has 0 heterocycles. The molecule has 0 atom stereocenters. The first kappa shape index (κ1) is 16.2. The Labute approximate surface area is 125 Å². The predicted octanol–water partition coefficient (Wildman–Crippen LogP) is 5.11. The lowest BCUT2D eigenvalue weighted by Crippen LogP contribution is -2.18. The number of halogens is 2. The van der Waals surface area contributed by atoms with Crippen molar-refractivity contribution in [2.24, 2.45) is 5.92 Å². The summed E-state index contributed by atoms with van der Waals surface area (Å²) in [5.41, 5.74) is 0. The molecule has 102 valence electrons. The van der Waals surface area contributed by atoms with E-state index in [0.29, 0.717) is 10.0 Å². The van der Waals surface area contributed by atoms with Gasteiger partial charge < -0.3 is 5.32 Å². The van der Waals surface area contributed by atoms with Gasteiger partial charge in [0.05, 0.1) is 10.0 Å². The summed E-state index contributed by atoms with van der Waals surface area (Å²) in [6.07, 6.45) is 2.56. The van der Waals surface area contributed by atoms with E-state index in [1.54, 1.807) is 11.8 Å². The van der Waals surface area contributed by atoms with Gasteiger partial charge in [-0.15, -0.1) is 11.8 Å². The molecule has 18 heavy (non-hydrogen) atoms. The average Bonchev–Trinajstić information content (AvgIpc) is 2.32. The standard InChI is InChI=1S/C14H21Cl2NS/c1-11(2)4-3-7-17-8-9-18-12-5-6-13(15)14(16)10-12/h5-6,10-11,17H,3-4,7-9H2,1-2H3. The van der Waals surface area contributed by atoms with Gasteiger partial charge in [0.15, 0.2) is 0 Å². The molecule has 1 N–H and O–H groups in total. The molecular weight excluding hydrogens is 285 g/mol. The second-order valence-corrected chi connectivity index (χ2v) is 6.69. The summed E-state index contributed by atoms with van der Waals surface area (Å²) in [6, 6.07) is 5.78. The Morgan fingerprint density at radius 2 is 1.94 bits per heavy atom. The molecule has 0 unspecified atom stereocenters. The highest BCUT2D eigenvalue weighted by Crippen LogP contribution is 2.27. The Hall–Kier alpha value is 0.110. The molecule has 0 aliphatic heterocycles. The molecule has 1 aromatic rings. The van der Waals surface area contributed by atoms with Crippen molar-refractivity contribution in [1.82, 2.24) is 5.32 Å². The molecule has 0 amide bonds. The molecule has 0 saturated heterocycles. The highest BCUT2D eigenvalue weighted by atomic mass is 35.5. The summed E-state index contributed by atoms with van der Waals surface area (Å²) in [4.78, 5) is 1.17. The zero-order valence-electron chi connectivity index (χ0n) is 11.0. The van der Waals surface area contributed by atoms with Gasteiger partial charge >= 0.3 is 0 Å². The van der Waals surface area contributed by atoms with Gasteiger partial charge in [-0.2, -0.15) is 0 Å². The third-order valence-corrected chi connectivity index (χ3v) is 4.31. The van der Waals surface area contributed by atoms with Crippen molar-refractivity contribution in [3.63, 3.8) is 0 Å². The number of thioether (sulfide) groups is 1. The lowest BCUT2D eigenvalue weighted by Gasteiger charge is -2.07. The first-order chi connectivity index (χ1) is 8.59. The number of nitrogens with one attached hydrogen (secondary N) is 1. The van der Waals surface area contributed by atoms with E-state index in [1.807, 2.05) is 18.2 Å². The molecule has 4 heteroatoms. The third-order valence-electron chi connectivity index (χ3n) is 2.57. The van der Waals surface area contributed by atoms with Crippen LogP contribution in [0.2, 0.25) is 10.0 Å². The third kappa shape index (κ3) is 6.89. The lowest BCUT2D eigenvalue weighted by atomic mass is 10.1. The Kier molecular flexibility index (Phi) is 8.16. The highest BCUT2D eigenvalue weighted by molar-refractivity contribution is 7.99. The first-order valence-electron chi connectivity index (χ1n) is 6.38. The number of benzene rings is 1. The lowest BCUT2D eigenvalue weighted by molar-refractivity contribution is 0.534. The maximum Gasteiger partial charge on any atom is 0.0603 e. The highest BCUT2D eigenvalue weighted by Gasteiger charge is 2.00. The van der Waals surface area contributed by atoms with Gasteiger partial charge in [-0.1, -0.05) is 37.0 Å². The SMILES string of the molecule is CC(C)CCCNCCSc1ccc(Cl)c(Cl)c1. The fraction of sp³-hybridized carbons (Fsp3) is 0.571. The summed E-state index contributed by atoms with van der Waals surface area (Å²) in [5, 5.41) is 4.71. The molecule has 0 fully saturated rings. The molecule has 0 saturated carbocycles. The first-order valence-corrected chi connectivity index (χ1v) is 8.12. The molecule has 1 nitrogen and oxygen atoms in total. The summed E-state index contributed by atoms with van der Waals surface area (Å²) in [6.45, 7) is 6.67. The van der Waals surface area contributed by atoms with E-state index >= 15 is 0 Å². The summed E-state index contributed by atoms with van der Waals surface area (Å²) < 4.78 is 0. The van der Waals surface area contributed by atoms with Crippen LogP contribution >= 0.6 is 35.0 Å². The van der Waals surface area contributed by atoms with Gasteiger partial charge in [0.2, 0.25) is 0 Å². The van der Waals surface area contributed by atoms with Crippen molar-refractivity contribution in [2.75, 3.05) is 18.8 Å². The van der Waals surface area contributed by atoms with Crippen LogP contribution in [0.1, 0.15) is 26.7 Å². The van der Waals surface area contributed by atoms with Crippen LogP contribution in [0.5, 0.6) is 0 Å². The molecule has 0 aliphatic carbocycles. The monoisotopic (exact) mass is 305 g/mol. The van der Waals surface area contributed by atoms with Crippen LogP contribution in [-0.4, -0.2) is 18.8 Å². The number of hydrogen-bond acceptors (Lipinski definition) is 2. The Morgan fingerprint density at radius 3 is 2.61 bits per heavy atom. The van der Waals surface area contributed by atoms with E-state index in [4.69, 9.17) is 23.2 Å². The van der Waals surface area contributed by atoms with Crippen LogP contribution < -0.4 is 5.32 Å². The molecule has 1 rings (SSSR count). The Bertz CT molecular complexity index is 356. The van der Waals surface area contributed by atoms with Crippen molar-refractivity contribution in [3.05, 3.63) is 28.2 Å². The largest absolute Gasteiger partial charge is 0.316 e. The van der Waals surface area contributed by atoms with Crippen LogP contribution in [0.3, 0.4) is 0 Å². The van der Waals surface area contributed by atoms with Gasteiger partial charge in [0, 0.05) is 17.2 Å². The number of rotatable bonds is 8. The zero-order chi connectivity index (χ0) is 13.4. The quantitative estimate of drug-likeness (QED) is 0.529. The van der Waals surface area contributed by atoms with Crippen molar-refractivity contribution in [3.8, 4) is 0 Å². The maximum absolute atomic E-state index is 5.96. The molecule has 0 spiro atoms. The van der Waals surface area contributed by atoms with E-state index in [0.717, 1.165) is 24.8 Å². The van der Waals surface area contributed by atoms with Gasteiger partial charge in [-0.05, 0) is 43.5 Å². The van der Waals surface area contributed by atoms with Crippen LogP contribution in [0.4, 0.5) is 0 Å². The van der Waals surface area contributed by atoms with E-state index in [9.17, 15) is 0 Å². The summed E-state index contributed by atoms with van der Waals surface area (Å²) >= 11 is 13.6. The van der Waals surface area contributed by atoms with E-state index in [1.165, 1.54) is 17.7 Å². The Balaban J connectivity index is 2.09. The predicted molar refractivity (Wildman–Crippen MR) is 84.1 cm³/mol. The maximum atomic E-state index is 5.96. The van der Waals surface area contributed by atoms with Crippen LogP contribution in [0.25, 0.3) is 0 Å². The topological polar surface area (TPSA) is 12.0 Å². The minimum atomic E-state index is 0.618. The molecule has 0 radical (unpaired) electrons. The van der Waals surface area contributed by atoms with Gasteiger partial charge in [0.25, 0.3) is 0 Å². The normalized spacial score (nSPS) is 11.2. The van der Waals surface area contributed by atoms with Crippen LogP contribution in [-0.2, 0) is 0 Å². The molecule has 0 aromatic heterocycles.